The number of benzene rings is 2. The zero-order valence-electron chi connectivity index (χ0n) is 16.1. The number of ketones is 1. The zero-order valence-corrected chi connectivity index (χ0v) is 16.8. The smallest absolute Gasteiger partial charge is 0.338 e. The summed E-state index contributed by atoms with van der Waals surface area (Å²) in [5, 5.41) is 0.459. The van der Waals surface area contributed by atoms with Gasteiger partial charge in [-0.05, 0) is 54.1 Å². The summed E-state index contributed by atoms with van der Waals surface area (Å²) in [7, 11) is 2.91. The molecule has 0 bridgehead atoms. The number of nitrogens with zero attached hydrogens (tertiary/aromatic N) is 1. The summed E-state index contributed by atoms with van der Waals surface area (Å²) in [6, 6.07) is 15.6. The van der Waals surface area contributed by atoms with Gasteiger partial charge in [0.2, 0.25) is 5.78 Å². The Labute approximate surface area is 174 Å². The summed E-state index contributed by atoms with van der Waals surface area (Å²) in [5.74, 6) is 0.167. The fraction of sp³-hybridized carbons (Fsp3) is 0.130. The molecule has 3 rings (SSSR count). The van der Waals surface area contributed by atoms with Crippen LogP contribution in [0.4, 0.5) is 0 Å². The van der Waals surface area contributed by atoms with Gasteiger partial charge in [-0.3, -0.25) is 4.79 Å². The molecule has 1 heterocycles. The van der Waals surface area contributed by atoms with Crippen molar-refractivity contribution in [2.75, 3.05) is 14.2 Å². The highest BCUT2D eigenvalue weighted by Crippen LogP contribution is 2.19. The maximum Gasteiger partial charge on any atom is 0.338 e. The standard InChI is InChI=1S/C23H20ClNO4/c1-28-19-11-8-17(9-12-19)22(26)21-6-4-14-25(21)13-3-5-16-7-10-18(24)15-20(16)23(27)29-2/h3-12,14-15H,13H2,1-2H3. The van der Waals surface area contributed by atoms with E-state index in [4.69, 9.17) is 21.1 Å². The Morgan fingerprint density at radius 1 is 1.07 bits per heavy atom. The largest absolute Gasteiger partial charge is 0.497 e. The van der Waals surface area contributed by atoms with Crippen molar-refractivity contribution in [3.8, 4) is 5.75 Å². The summed E-state index contributed by atoms with van der Waals surface area (Å²) >= 11 is 5.98. The van der Waals surface area contributed by atoms with Crippen molar-refractivity contribution >= 4 is 29.4 Å². The number of hydrogen-bond acceptors (Lipinski definition) is 4. The van der Waals surface area contributed by atoms with Crippen molar-refractivity contribution in [1.29, 1.82) is 0 Å². The molecule has 0 saturated heterocycles. The Balaban J connectivity index is 1.79. The molecule has 1 aromatic heterocycles. The fourth-order valence-corrected chi connectivity index (χ4v) is 3.10. The third-order valence-electron chi connectivity index (χ3n) is 4.43. The Bertz CT molecular complexity index is 1050. The minimum atomic E-state index is -0.455. The van der Waals surface area contributed by atoms with Gasteiger partial charge in [0, 0.05) is 23.3 Å². The summed E-state index contributed by atoms with van der Waals surface area (Å²) in [4.78, 5) is 24.8. The number of methoxy groups -OCH3 is 2. The molecular formula is C23H20ClNO4. The van der Waals surface area contributed by atoms with E-state index in [2.05, 4.69) is 0 Å². The van der Waals surface area contributed by atoms with E-state index in [1.807, 2.05) is 29.0 Å². The molecule has 0 saturated carbocycles. The molecule has 2 aromatic carbocycles. The van der Waals surface area contributed by atoms with Crippen LogP contribution >= 0.6 is 11.6 Å². The van der Waals surface area contributed by atoms with Crippen molar-refractivity contribution in [3.63, 3.8) is 0 Å². The lowest BCUT2D eigenvalue weighted by Crippen LogP contribution is -2.09. The number of esters is 1. The molecule has 0 fully saturated rings. The summed E-state index contributed by atoms with van der Waals surface area (Å²) in [5.41, 5.74) is 2.24. The van der Waals surface area contributed by atoms with Crippen LogP contribution in [0.3, 0.4) is 0 Å². The Morgan fingerprint density at radius 3 is 2.52 bits per heavy atom. The molecule has 0 aliphatic carbocycles. The first-order valence-corrected chi connectivity index (χ1v) is 9.29. The molecule has 6 heteroatoms. The molecule has 0 aliphatic rings. The van der Waals surface area contributed by atoms with Crippen molar-refractivity contribution in [2.24, 2.45) is 0 Å². The van der Waals surface area contributed by atoms with Crippen LogP contribution in [-0.4, -0.2) is 30.5 Å². The minimum absolute atomic E-state index is 0.0761. The van der Waals surface area contributed by atoms with Crippen molar-refractivity contribution in [2.45, 2.75) is 6.54 Å². The van der Waals surface area contributed by atoms with Gasteiger partial charge in [0.25, 0.3) is 0 Å². The number of rotatable bonds is 7. The molecule has 5 nitrogen and oxygen atoms in total. The number of halogens is 1. The molecule has 29 heavy (non-hydrogen) atoms. The molecule has 3 aromatic rings. The monoisotopic (exact) mass is 409 g/mol. The quantitative estimate of drug-likeness (QED) is 0.412. The maximum absolute atomic E-state index is 12.8. The van der Waals surface area contributed by atoms with Crippen LogP contribution in [0.5, 0.6) is 5.75 Å². The number of allylic oxidation sites excluding steroid dienone is 1. The lowest BCUT2D eigenvalue weighted by Gasteiger charge is -2.08. The summed E-state index contributed by atoms with van der Waals surface area (Å²) in [6.45, 7) is 0.466. The van der Waals surface area contributed by atoms with Gasteiger partial charge in [0.05, 0.1) is 25.5 Å². The highest BCUT2D eigenvalue weighted by atomic mass is 35.5. The third kappa shape index (κ3) is 4.76. The number of aromatic nitrogens is 1. The van der Waals surface area contributed by atoms with E-state index in [1.165, 1.54) is 7.11 Å². The second-order valence-corrected chi connectivity index (χ2v) is 6.67. The predicted molar refractivity (Wildman–Crippen MR) is 113 cm³/mol. The molecule has 0 aliphatic heterocycles. The van der Waals surface area contributed by atoms with Gasteiger partial charge in [-0.2, -0.15) is 0 Å². The van der Waals surface area contributed by atoms with Crippen LogP contribution in [0.2, 0.25) is 5.02 Å². The van der Waals surface area contributed by atoms with Crippen molar-refractivity contribution < 1.29 is 19.1 Å². The molecule has 148 valence electrons. The number of hydrogen-bond donors (Lipinski definition) is 0. The fourth-order valence-electron chi connectivity index (χ4n) is 2.92. The molecular weight excluding hydrogens is 390 g/mol. The van der Waals surface area contributed by atoms with E-state index in [1.54, 1.807) is 55.6 Å². The Hall–Kier alpha value is -3.31. The normalized spacial score (nSPS) is 10.9. The first-order valence-electron chi connectivity index (χ1n) is 8.92. The highest BCUT2D eigenvalue weighted by molar-refractivity contribution is 6.31. The van der Waals surface area contributed by atoms with E-state index in [0.29, 0.717) is 39.7 Å². The van der Waals surface area contributed by atoms with Gasteiger partial charge in [0.15, 0.2) is 0 Å². The topological polar surface area (TPSA) is 57.5 Å². The summed E-state index contributed by atoms with van der Waals surface area (Å²) < 4.78 is 11.8. The van der Waals surface area contributed by atoms with Gasteiger partial charge in [0.1, 0.15) is 5.75 Å². The average Bonchev–Trinajstić information content (AvgIpc) is 3.22. The minimum Gasteiger partial charge on any atom is -0.497 e. The Kier molecular flexibility index (Phi) is 6.52. The van der Waals surface area contributed by atoms with Crippen molar-refractivity contribution in [3.05, 3.63) is 94.3 Å². The lowest BCUT2D eigenvalue weighted by molar-refractivity contribution is 0.0600. The SMILES string of the molecule is COC(=O)c1cc(Cl)ccc1C=CCn1cccc1C(=O)c1ccc(OC)cc1. The molecule has 0 radical (unpaired) electrons. The van der Waals surface area contributed by atoms with E-state index in [9.17, 15) is 9.59 Å². The molecule has 0 unspecified atom stereocenters. The van der Waals surface area contributed by atoms with Crippen LogP contribution in [0.15, 0.2) is 66.9 Å². The number of carbonyl (C=O) groups excluding carboxylic acids is 2. The Morgan fingerprint density at radius 2 is 1.83 bits per heavy atom. The van der Waals surface area contributed by atoms with Crippen LogP contribution in [-0.2, 0) is 11.3 Å². The average molecular weight is 410 g/mol. The van der Waals surface area contributed by atoms with E-state index >= 15 is 0 Å². The van der Waals surface area contributed by atoms with Gasteiger partial charge in [-0.25, -0.2) is 4.79 Å². The number of ether oxygens (including phenoxy) is 2. The van der Waals surface area contributed by atoms with Gasteiger partial charge < -0.3 is 14.0 Å². The lowest BCUT2D eigenvalue weighted by atomic mass is 10.1. The second kappa shape index (κ2) is 9.26. The van der Waals surface area contributed by atoms with Crippen LogP contribution in [0, 0.1) is 0 Å². The first-order chi connectivity index (χ1) is 14.0. The van der Waals surface area contributed by atoms with Crippen LogP contribution < -0.4 is 4.74 Å². The van der Waals surface area contributed by atoms with E-state index in [-0.39, 0.29) is 5.78 Å². The molecule has 0 atom stereocenters. The van der Waals surface area contributed by atoms with Gasteiger partial charge >= 0.3 is 5.97 Å². The van der Waals surface area contributed by atoms with E-state index < -0.39 is 5.97 Å². The first kappa shape index (κ1) is 20.4. The number of carbonyl (C=O) groups is 2. The molecule has 0 amide bonds. The van der Waals surface area contributed by atoms with Crippen molar-refractivity contribution in [1.82, 2.24) is 4.57 Å². The van der Waals surface area contributed by atoms with E-state index in [0.717, 1.165) is 0 Å². The van der Waals surface area contributed by atoms with Gasteiger partial charge in [-0.1, -0.05) is 29.8 Å². The van der Waals surface area contributed by atoms with Gasteiger partial charge in [-0.15, -0.1) is 0 Å². The maximum atomic E-state index is 12.8. The predicted octanol–water partition coefficient (Wildman–Crippen LogP) is 4.88. The second-order valence-electron chi connectivity index (χ2n) is 6.23. The third-order valence-corrected chi connectivity index (χ3v) is 4.67. The van der Waals surface area contributed by atoms with Crippen LogP contribution in [0.1, 0.15) is 32.0 Å². The van der Waals surface area contributed by atoms with Crippen LogP contribution in [0.25, 0.3) is 6.08 Å². The molecule has 0 N–H and O–H groups in total. The highest BCUT2D eigenvalue weighted by Gasteiger charge is 2.13. The zero-order chi connectivity index (χ0) is 20.8. The summed E-state index contributed by atoms with van der Waals surface area (Å²) in [6.07, 6.45) is 5.52. The molecule has 0 spiro atoms.